The summed E-state index contributed by atoms with van der Waals surface area (Å²) in [6.45, 7) is 2.32. The molecule has 1 aromatic heterocycles. The summed E-state index contributed by atoms with van der Waals surface area (Å²) < 4.78 is 53.0. The van der Waals surface area contributed by atoms with Crippen LogP contribution in [0.1, 0.15) is 12.5 Å². The maximum atomic E-state index is 12.1. The topological polar surface area (TPSA) is 88.7 Å². The lowest BCUT2D eigenvalue weighted by Gasteiger charge is -2.32. The summed E-state index contributed by atoms with van der Waals surface area (Å²) in [5.41, 5.74) is -0.133. The van der Waals surface area contributed by atoms with E-state index < -0.39 is 16.9 Å². The number of aromatic nitrogens is 2. The van der Waals surface area contributed by atoms with Gasteiger partial charge in [-0.05, 0) is 29.5 Å². The van der Waals surface area contributed by atoms with Crippen LogP contribution in [0.25, 0.3) is 0 Å². The van der Waals surface area contributed by atoms with Gasteiger partial charge in [-0.3, -0.25) is 4.57 Å². The number of nitrogens with zero attached hydrogens (tertiary/aromatic N) is 3. The van der Waals surface area contributed by atoms with Crippen molar-refractivity contribution in [3.63, 3.8) is 0 Å². The molecule has 0 amide bonds. The normalized spacial score (nSPS) is 19.5. The fraction of sp³-hybridized carbons (Fsp3) is 0.400. The molecule has 1 aliphatic rings. The Morgan fingerprint density at radius 2 is 2.08 bits per heavy atom. The number of alkyl halides is 3. The number of fused-ring (bicyclic) bond motifs is 1. The van der Waals surface area contributed by atoms with Gasteiger partial charge in [0, 0.05) is 4.98 Å². The molecule has 140 valence electrons. The van der Waals surface area contributed by atoms with Gasteiger partial charge in [-0.2, -0.15) is 0 Å². The Morgan fingerprint density at radius 1 is 1.38 bits per heavy atom. The molecule has 11 heteroatoms. The zero-order chi connectivity index (χ0) is 18.9. The maximum absolute atomic E-state index is 12.1. The van der Waals surface area contributed by atoms with Crippen molar-refractivity contribution in [3.05, 3.63) is 46.1 Å². The van der Waals surface area contributed by atoms with Crippen LogP contribution in [-0.4, -0.2) is 33.0 Å². The number of imidazole rings is 1. The molecule has 2 aromatic rings. The summed E-state index contributed by atoms with van der Waals surface area (Å²) in [7, 11) is 0. The third kappa shape index (κ3) is 4.23. The molecule has 1 aliphatic heterocycles. The van der Waals surface area contributed by atoms with E-state index in [1.165, 1.54) is 35.0 Å². The minimum Gasteiger partial charge on any atom is -0.443 e. The summed E-state index contributed by atoms with van der Waals surface area (Å²) in [5, 5.41) is 10.8. The van der Waals surface area contributed by atoms with E-state index in [1.807, 2.05) is 0 Å². The van der Waals surface area contributed by atoms with E-state index in [0.29, 0.717) is 12.1 Å². The molecule has 1 unspecified atom stereocenters. The van der Waals surface area contributed by atoms with Gasteiger partial charge in [-0.1, -0.05) is 12.1 Å². The van der Waals surface area contributed by atoms with Gasteiger partial charge in [0.2, 0.25) is 0 Å². The number of halogens is 3. The quantitative estimate of drug-likeness (QED) is 0.591. The number of hydrogen-bond donors (Lipinski definition) is 0. The molecule has 8 nitrogen and oxygen atoms in total. The third-order valence-electron chi connectivity index (χ3n) is 3.67. The smallest absolute Gasteiger partial charge is 0.443 e. The molecule has 2 heterocycles. The molecule has 0 aliphatic carbocycles. The summed E-state index contributed by atoms with van der Waals surface area (Å²) in [4.78, 5) is 13.9. The van der Waals surface area contributed by atoms with Crippen LogP contribution in [0.15, 0.2) is 30.5 Å². The molecule has 3 rings (SSSR count). The number of nitro groups is 1. The average Bonchev–Trinajstić information content (AvgIpc) is 2.96. The Hall–Kier alpha value is -2.82. The highest BCUT2D eigenvalue weighted by atomic mass is 19.4. The van der Waals surface area contributed by atoms with Gasteiger partial charge in [0.05, 0.1) is 13.2 Å². The van der Waals surface area contributed by atoms with E-state index in [2.05, 4.69) is 9.72 Å². The highest BCUT2D eigenvalue weighted by Crippen LogP contribution is 2.29. The Labute approximate surface area is 145 Å². The van der Waals surface area contributed by atoms with Crippen molar-refractivity contribution in [2.45, 2.75) is 32.0 Å². The molecule has 0 saturated heterocycles. The van der Waals surface area contributed by atoms with Gasteiger partial charge in [-0.25, -0.2) is 0 Å². The van der Waals surface area contributed by atoms with Crippen LogP contribution >= 0.6 is 0 Å². The highest BCUT2D eigenvalue weighted by molar-refractivity contribution is 5.27. The van der Waals surface area contributed by atoms with Crippen LogP contribution in [-0.2, 0) is 17.9 Å². The van der Waals surface area contributed by atoms with Crippen molar-refractivity contribution in [1.29, 1.82) is 0 Å². The lowest BCUT2D eigenvalue weighted by molar-refractivity contribution is -0.389. The van der Waals surface area contributed by atoms with Crippen LogP contribution in [0.5, 0.6) is 11.8 Å². The standard InChI is InChI=1S/C15H14F3N3O5/c1-14(8-20-6-12(21(22)23)19-13(20)24-9-14)25-7-10-2-4-11(5-3-10)26-15(16,17)18/h2-6H,7-9H2,1H3. The fourth-order valence-corrected chi connectivity index (χ4v) is 2.46. The maximum Gasteiger partial charge on any atom is 0.573 e. The minimum atomic E-state index is -4.74. The predicted octanol–water partition coefficient (Wildman–Crippen LogP) is 3.06. The first kappa shape index (κ1) is 18.0. The molecular weight excluding hydrogens is 359 g/mol. The van der Waals surface area contributed by atoms with Crippen molar-refractivity contribution >= 4 is 5.82 Å². The van der Waals surface area contributed by atoms with Crippen molar-refractivity contribution in [2.75, 3.05) is 6.61 Å². The van der Waals surface area contributed by atoms with Gasteiger partial charge in [0.15, 0.2) is 0 Å². The molecule has 0 radical (unpaired) electrons. The number of rotatable bonds is 5. The summed E-state index contributed by atoms with van der Waals surface area (Å²) in [5.74, 6) is -0.631. The zero-order valence-corrected chi connectivity index (χ0v) is 13.5. The largest absolute Gasteiger partial charge is 0.573 e. The molecule has 0 spiro atoms. The van der Waals surface area contributed by atoms with Gasteiger partial charge in [0.25, 0.3) is 0 Å². The van der Waals surface area contributed by atoms with Crippen LogP contribution in [0.3, 0.4) is 0 Å². The second kappa shape index (κ2) is 6.48. The lowest BCUT2D eigenvalue weighted by atomic mass is 10.1. The van der Waals surface area contributed by atoms with Gasteiger partial charge in [-0.15, -0.1) is 13.2 Å². The van der Waals surface area contributed by atoms with Crippen molar-refractivity contribution in [2.24, 2.45) is 0 Å². The second-order valence-electron chi connectivity index (χ2n) is 5.99. The first-order valence-corrected chi connectivity index (χ1v) is 7.47. The van der Waals surface area contributed by atoms with E-state index in [1.54, 1.807) is 6.92 Å². The Balaban J connectivity index is 1.61. The molecule has 1 aromatic carbocycles. The number of benzene rings is 1. The first-order valence-electron chi connectivity index (χ1n) is 7.47. The monoisotopic (exact) mass is 373 g/mol. The van der Waals surface area contributed by atoms with Gasteiger partial charge in [0.1, 0.15) is 24.2 Å². The van der Waals surface area contributed by atoms with Crippen molar-refractivity contribution in [3.8, 4) is 11.8 Å². The van der Waals surface area contributed by atoms with Crippen molar-refractivity contribution in [1.82, 2.24) is 9.55 Å². The van der Waals surface area contributed by atoms with Gasteiger partial charge < -0.3 is 24.3 Å². The lowest BCUT2D eigenvalue weighted by Crippen LogP contribution is -2.43. The molecule has 0 fully saturated rings. The van der Waals surface area contributed by atoms with Crippen LogP contribution in [0.4, 0.5) is 19.0 Å². The number of ether oxygens (including phenoxy) is 3. The Kier molecular flexibility index (Phi) is 4.48. The molecular formula is C15H14F3N3O5. The van der Waals surface area contributed by atoms with Crippen LogP contribution < -0.4 is 9.47 Å². The van der Waals surface area contributed by atoms with E-state index in [0.717, 1.165) is 0 Å². The van der Waals surface area contributed by atoms with E-state index >= 15 is 0 Å². The van der Waals surface area contributed by atoms with E-state index in [4.69, 9.17) is 9.47 Å². The van der Waals surface area contributed by atoms with Gasteiger partial charge >= 0.3 is 18.2 Å². The summed E-state index contributed by atoms with van der Waals surface area (Å²) >= 11 is 0. The minimum absolute atomic E-state index is 0.123. The molecule has 0 saturated carbocycles. The zero-order valence-electron chi connectivity index (χ0n) is 13.5. The molecule has 0 N–H and O–H groups in total. The number of hydrogen-bond acceptors (Lipinski definition) is 6. The van der Waals surface area contributed by atoms with Crippen molar-refractivity contribution < 1.29 is 32.3 Å². The predicted molar refractivity (Wildman–Crippen MR) is 80.7 cm³/mol. The van der Waals surface area contributed by atoms with Crippen LogP contribution in [0, 0.1) is 10.1 Å². The van der Waals surface area contributed by atoms with Crippen LogP contribution in [0.2, 0.25) is 0 Å². The SMILES string of the molecule is CC1(OCc2ccc(OC(F)(F)F)cc2)COc2nc([N+](=O)[O-])cn2C1. The van der Waals surface area contributed by atoms with E-state index in [-0.39, 0.29) is 30.8 Å². The second-order valence-corrected chi connectivity index (χ2v) is 5.99. The Morgan fingerprint density at radius 3 is 2.69 bits per heavy atom. The summed E-state index contributed by atoms with van der Waals surface area (Å²) in [6, 6.07) is 5.46. The highest BCUT2D eigenvalue weighted by Gasteiger charge is 2.36. The summed E-state index contributed by atoms with van der Waals surface area (Å²) in [6.07, 6.45) is -3.48. The molecule has 0 bridgehead atoms. The molecule has 1 atom stereocenters. The third-order valence-corrected chi connectivity index (χ3v) is 3.67. The van der Waals surface area contributed by atoms with E-state index in [9.17, 15) is 23.3 Å². The molecule has 26 heavy (non-hydrogen) atoms. The fourth-order valence-electron chi connectivity index (χ4n) is 2.46. The Bertz CT molecular complexity index is 806. The first-order chi connectivity index (χ1) is 12.1. The average molecular weight is 373 g/mol.